The van der Waals surface area contributed by atoms with E-state index in [1.807, 2.05) is 0 Å². The maximum absolute atomic E-state index is 14.0. The van der Waals surface area contributed by atoms with Gasteiger partial charge in [-0.15, -0.1) is 0 Å². The highest BCUT2D eigenvalue weighted by Gasteiger charge is 2.30. The van der Waals surface area contributed by atoms with Crippen LogP contribution in [0.25, 0.3) is 11.0 Å². The van der Waals surface area contributed by atoms with Crippen LogP contribution in [0.15, 0.2) is 53.3 Å². The standard InChI is InChI=1S/C39H56N4OS/c1-30-16-10-11-22-34(30)37(32-20-8-5-9-21-32)40-38(45)41-28-25-33(26-29-41)43-36-24-13-12-23-35(36)42(39(43)44)27-15-14-19-31-17-6-3-2-4-7-18-31/h10-13,16,22-24,31-33,37H,2-9,14-15,17-21,25-29H2,1H3,(H,40,45)/t37-/m0/s1. The molecule has 2 saturated carbocycles. The molecule has 0 radical (unpaired) electrons. The van der Waals surface area contributed by atoms with Gasteiger partial charge >= 0.3 is 5.69 Å². The molecule has 6 rings (SSSR count). The fourth-order valence-electron chi connectivity index (χ4n) is 8.74. The van der Waals surface area contributed by atoms with E-state index in [4.69, 9.17) is 12.2 Å². The second-order valence-corrected chi connectivity index (χ2v) is 14.8. The van der Waals surface area contributed by atoms with E-state index in [1.54, 1.807) is 0 Å². The van der Waals surface area contributed by atoms with Crippen molar-refractivity contribution in [1.29, 1.82) is 0 Å². The zero-order valence-electron chi connectivity index (χ0n) is 27.7. The van der Waals surface area contributed by atoms with Gasteiger partial charge in [0.15, 0.2) is 5.11 Å². The number of para-hydroxylation sites is 2. The number of likely N-dealkylation sites (tertiary alicyclic amines) is 1. The maximum atomic E-state index is 14.0. The first-order valence-electron chi connectivity index (χ1n) is 18.4. The smallest absolute Gasteiger partial charge is 0.329 e. The molecule has 0 bridgehead atoms. The third-order valence-electron chi connectivity index (χ3n) is 11.4. The topological polar surface area (TPSA) is 42.2 Å². The number of nitrogens with one attached hydrogen (secondary N) is 1. The van der Waals surface area contributed by atoms with Gasteiger partial charge in [-0.3, -0.25) is 9.13 Å². The summed E-state index contributed by atoms with van der Waals surface area (Å²) in [5, 5.41) is 4.74. The van der Waals surface area contributed by atoms with Crippen molar-refractivity contribution in [1.82, 2.24) is 19.4 Å². The predicted octanol–water partition coefficient (Wildman–Crippen LogP) is 9.48. The number of hydrogen-bond acceptors (Lipinski definition) is 2. The largest absolute Gasteiger partial charge is 0.355 e. The fourth-order valence-corrected chi connectivity index (χ4v) is 9.05. The molecule has 0 unspecified atom stereocenters. The molecule has 3 aliphatic rings. The molecule has 2 heterocycles. The number of benzene rings is 2. The highest BCUT2D eigenvalue weighted by atomic mass is 32.1. The highest BCUT2D eigenvalue weighted by molar-refractivity contribution is 7.80. The first-order chi connectivity index (χ1) is 22.1. The summed E-state index contributed by atoms with van der Waals surface area (Å²) in [6, 6.07) is 17.8. The van der Waals surface area contributed by atoms with E-state index >= 15 is 0 Å². The van der Waals surface area contributed by atoms with Crippen molar-refractivity contribution in [2.45, 2.75) is 135 Å². The van der Waals surface area contributed by atoms with Gasteiger partial charge in [0.25, 0.3) is 0 Å². The molecule has 1 aliphatic heterocycles. The van der Waals surface area contributed by atoms with E-state index in [1.165, 1.54) is 101 Å². The Morgan fingerprint density at radius 2 is 1.42 bits per heavy atom. The van der Waals surface area contributed by atoms with Gasteiger partial charge in [-0.05, 0) is 86.3 Å². The molecule has 45 heavy (non-hydrogen) atoms. The van der Waals surface area contributed by atoms with Crippen molar-refractivity contribution >= 4 is 28.4 Å². The summed E-state index contributed by atoms with van der Waals surface area (Å²) < 4.78 is 4.19. The van der Waals surface area contributed by atoms with E-state index in [-0.39, 0.29) is 17.8 Å². The summed E-state index contributed by atoms with van der Waals surface area (Å²) >= 11 is 6.09. The molecule has 3 fully saturated rings. The lowest BCUT2D eigenvalue weighted by Gasteiger charge is -2.38. The van der Waals surface area contributed by atoms with E-state index in [9.17, 15) is 4.79 Å². The molecule has 1 aromatic heterocycles. The van der Waals surface area contributed by atoms with Crippen LogP contribution in [-0.2, 0) is 6.54 Å². The number of nitrogens with zero attached hydrogens (tertiary/aromatic N) is 3. The fraction of sp³-hybridized carbons (Fsp3) is 0.641. The normalized spacial score (nSPS) is 20.2. The van der Waals surface area contributed by atoms with E-state index in [2.05, 4.69) is 74.8 Å². The summed E-state index contributed by atoms with van der Waals surface area (Å²) in [7, 11) is 0. The third-order valence-corrected chi connectivity index (χ3v) is 11.8. The number of aromatic nitrogens is 2. The van der Waals surface area contributed by atoms with Crippen LogP contribution in [0.1, 0.15) is 132 Å². The van der Waals surface area contributed by atoms with Gasteiger partial charge < -0.3 is 10.2 Å². The average Bonchev–Trinajstić information content (AvgIpc) is 3.34. The van der Waals surface area contributed by atoms with Crippen molar-refractivity contribution in [3.63, 3.8) is 0 Å². The Balaban J connectivity index is 1.09. The number of aryl methyl sites for hydroxylation is 2. The molecule has 3 aromatic rings. The second-order valence-electron chi connectivity index (χ2n) is 14.4. The first-order valence-corrected chi connectivity index (χ1v) is 18.8. The summed E-state index contributed by atoms with van der Waals surface area (Å²) in [5.41, 5.74) is 5.11. The van der Waals surface area contributed by atoms with Gasteiger partial charge in [-0.25, -0.2) is 4.79 Å². The summed E-state index contributed by atoms with van der Waals surface area (Å²) in [6.45, 7) is 4.83. The zero-order valence-corrected chi connectivity index (χ0v) is 28.5. The van der Waals surface area contributed by atoms with Crippen molar-refractivity contribution in [3.8, 4) is 0 Å². The predicted molar refractivity (Wildman–Crippen MR) is 192 cm³/mol. The highest BCUT2D eigenvalue weighted by Crippen LogP contribution is 2.36. The van der Waals surface area contributed by atoms with Gasteiger partial charge in [0.1, 0.15) is 0 Å². The van der Waals surface area contributed by atoms with Crippen LogP contribution in [-0.4, -0.2) is 32.2 Å². The molecule has 1 N–H and O–H groups in total. The van der Waals surface area contributed by atoms with Crippen molar-refractivity contribution in [3.05, 3.63) is 70.1 Å². The molecule has 2 aromatic carbocycles. The van der Waals surface area contributed by atoms with Gasteiger partial charge in [0.2, 0.25) is 0 Å². The molecule has 1 atom stereocenters. The summed E-state index contributed by atoms with van der Waals surface area (Å²) in [5.74, 6) is 1.51. The van der Waals surface area contributed by atoms with E-state index in [0.29, 0.717) is 5.92 Å². The SMILES string of the molecule is Cc1ccccc1[C@@H](NC(=S)N1CCC(n2c(=O)n(CCCCC3CCCCCCC3)c3ccccc32)CC1)C1CCCCC1. The quantitative estimate of drug-likeness (QED) is 0.189. The number of thiocarbonyl (C=S) groups is 1. The Kier molecular flexibility index (Phi) is 11.4. The minimum absolute atomic E-state index is 0.179. The second kappa shape index (κ2) is 15.8. The molecule has 6 heteroatoms. The van der Waals surface area contributed by atoms with Crippen LogP contribution in [0.4, 0.5) is 0 Å². The van der Waals surface area contributed by atoms with Crippen LogP contribution in [0.3, 0.4) is 0 Å². The van der Waals surface area contributed by atoms with Gasteiger partial charge in [-0.2, -0.15) is 0 Å². The van der Waals surface area contributed by atoms with Crippen LogP contribution in [0.5, 0.6) is 0 Å². The minimum atomic E-state index is 0.179. The number of hydrogen-bond donors (Lipinski definition) is 1. The zero-order chi connectivity index (χ0) is 31.0. The average molecular weight is 629 g/mol. The molecule has 0 amide bonds. The van der Waals surface area contributed by atoms with Crippen LogP contribution < -0.4 is 11.0 Å². The van der Waals surface area contributed by atoms with Gasteiger partial charge in [0, 0.05) is 25.7 Å². The Bertz CT molecular complexity index is 1440. The molecule has 244 valence electrons. The van der Waals surface area contributed by atoms with Gasteiger partial charge in [0.05, 0.1) is 17.1 Å². The molecule has 1 saturated heterocycles. The Morgan fingerprint density at radius 3 is 2.16 bits per heavy atom. The van der Waals surface area contributed by atoms with Crippen molar-refractivity contribution in [2.75, 3.05) is 13.1 Å². The lowest BCUT2D eigenvalue weighted by Crippen LogP contribution is -2.47. The summed E-state index contributed by atoms with van der Waals surface area (Å²) in [4.78, 5) is 16.3. The Morgan fingerprint density at radius 1 is 0.800 bits per heavy atom. The third kappa shape index (κ3) is 7.86. The van der Waals surface area contributed by atoms with Gasteiger partial charge in [-0.1, -0.05) is 113 Å². The minimum Gasteiger partial charge on any atom is -0.355 e. The van der Waals surface area contributed by atoms with E-state index in [0.717, 1.165) is 61.0 Å². The monoisotopic (exact) mass is 628 g/mol. The lowest BCUT2D eigenvalue weighted by atomic mass is 9.80. The van der Waals surface area contributed by atoms with Crippen LogP contribution in [0.2, 0.25) is 0 Å². The van der Waals surface area contributed by atoms with Crippen LogP contribution in [0, 0.1) is 18.8 Å². The Hall–Kier alpha value is -2.60. The first kappa shape index (κ1) is 32.3. The number of rotatable bonds is 9. The molecular formula is C39H56N4OS. The molecule has 5 nitrogen and oxygen atoms in total. The Labute approximate surface area is 276 Å². The summed E-state index contributed by atoms with van der Waals surface area (Å²) in [6.07, 6.45) is 21.9. The number of unbranched alkanes of at least 4 members (excludes halogenated alkanes) is 1. The number of fused-ring (bicyclic) bond motifs is 1. The molecular weight excluding hydrogens is 573 g/mol. The number of piperidine rings is 1. The molecule has 0 spiro atoms. The lowest BCUT2D eigenvalue weighted by molar-refractivity contribution is 0.249. The van der Waals surface area contributed by atoms with Crippen LogP contribution >= 0.6 is 12.2 Å². The number of imidazole rings is 1. The maximum Gasteiger partial charge on any atom is 0.329 e. The van der Waals surface area contributed by atoms with E-state index < -0.39 is 0 Å². The van der Waals surface area contributed by atoms with Crippen molar-refractivity contribution in [2.24, 2.45) is 11.8 Å². The molecule has 2 aliphatic carbocycles. The van der Waals surface area contributed by atoms with Crippen molar-refractivity contribution < 1.29 is 0 Å².